The molecule has 1 amide bonds. The molecule has 0 bridgehead atoms. The van der Waals surface area contributed by atoms with E-state index in [1.165, 1.54) is 0 Å². The Bertz CT molecular complexity index is 954. The van der Waals surface area contributed by atoms with Crippen molar-refractivity contribution in [1.29, 1.82) is 0 Å². The van der Waals surface area contributed by atoms with E-state index < -0.39 is 9.84 Å². The molecule has 2 fully saturated rings. The molecule has 0 radical (unpaired) electrons. The summed E-state index contributed by atoms with van der Waals surface area (Å²) in [6, 6.07) is 17.2. The summed E-state index contributed by atoms with van der Waals surface area (Å²) in [4.78, 5) is 17.2. The first kappa shape index (κ1) is 19.9. The molecule has 0 aliphatic carbocycles. The SMILES string of the molecule is O=C(c1ccccc1COc1ccccc1)N1CCN([C@H]2CCS(=O)(=O)C2)CC1. The summed E-state index contributed by atoms with van der Waals surface area (Å²) in [6.07, 6.45) is 0.704. The van der Waals surface area contributed by atoms with Gasteiger partial charge in [0.05, 0.1) is 11.5 Å². The Balaban J connectivity index is 1.38. The minimum Gasteiger partial charge on any atom is -0.489 e. The summed E-state index contributed by atoms with van der Waals surface area (Å²) in [5, 5.41) is 0. The topological polar surface area (TPSA) is 66.9 Å². The van der Waals surface area contributed by atoms with Crippen LogP contribution in [0.2, 0.25) is 0 Å². The zero-order valence-electron chi connectivity index (χ0n) is 16.4. The van der Waals surface area contributed by atoms with Crippen molar-refractivity contribution in [3.8, 4) is 5.75 Å². The van der Waals surface area contributed by atoms with Crippen LogP contribution in [0.1, 0.15) is 22.3 Å². The first-order chi connectivity index (χ1) is 14.0. The quantitative estimate of drug-likeness (QED) is 0.751. The monoisotopic (exact) mass is 414 g/mol. The van der Waals surface area contributed by atoms with E-state index in [0.717, 1.165) is 11.3 Å². The van der Waals surface area contributed by atoms with Crippen LogP contribution in [0.25, 0.3) is 0 Å². The fraction of sp³-hybridized carbons (Fsp3) is 0.409. The number of carbonyl (C=O) groups is 1. The van der Waals surface area contributed by atoms with Gasteiger partial charge >= 0.3 is 0 Å². The van der Waals surface area contributed by atoms with Gasteiger partial charge in [0.1, 0.15) is 12.4 Å². The molecule has 154 valence electrons. The van der Waals surface area contributed by atoms with Gasteiger partial charge in [-0.1, -0.05) is 36.4 Å². The number of hydrogen-bond acceptors (Lipinski definition) is 5. The van der Waals surface area contributed by atoms with E-state index in [2.05, 4.69) is 4.90 Å². The maximum absolute atomic E-state index is 13.1. The summed E-state index contributed by atoms with van der Waals surface area (Å²) >= 11 is 0. The third-order valence-electron chi connectivity index (χ3n) is 5.71. The average Bonchev–Trinajstić information content (AvgIpc) is 3.12. The predicted octanol–water partition coefficient (Wildman–Crippen LogP) is 2.21. The summed E-state index contributed by atoms with van der Waals surface area (Å²) in [5.74, 6) is 1.32. The molecule has 1 atom stereocenters. The summed E-state index contributed by atoms with van der Waals surface area (Å²) < 4.78 is 29.3. The standard InChI is InChI=1S/C22H26N2O4S/c25-22(24-13-11-23(12-14-24)19-10-15-29(26,27)17-19)21-9-5-4-6-18(21)16-28-20-7-2-1-3-8-20/h1-9,19H,10-17H2/t19-/m0/s1. The molecule has 2 aromatic carbocycles. The molecule has 7 heteroatoms. The Morgan fingerprint density at radius 3 is 2.34 bits per heavy atom. The van der Waals surface area contributed by atoms with Crippen LogP contribution in [0.4, 0.5) is 0 Å². The highest BCUT2D eigenvalue weighted by molar-refractivity contribution is 7.91. The minimum absolute atomic E-state index is 0.0101. The van der Waals surface area contributed by atoms with E-state index in [0.29, 0.717) is 44.8 Å². The molecule has 0 spiro atoms. The molecule has 2 aliphatic heterocycles. The number of amides is 1. The summed E-state index contributed by atoms with van der Waals surface area (Å²) in [5.41, 5.74) is 1.53. The van der Waals surface area contributed by atoms with Gasteiger partial charge in [0, 0.05) is 43.3 Å². The van der Waals surface area contributed by atoms with Crippen molar-refractivity contribution in [2.75, 3.05) is 37.7 Å². The Labute approximate surface area is 172 Å². The van der Waals surface area contributed by atoms with Crippen LogP contribution in [0.5, 0.6) is 5.75 Å². The molecular weight excluding hydrogens is 388 g/mol. The van der Waals surface area contributed by atoms with E-state index in [4.69, 9.17) is 4.74 Å². The van der Waals surface area contributed by atoms with Crippen LogP contribution >= 0.6 is 0 Å². The second-order valence-electron chi connectivity index (χ2n) is 7.64. The number of rotatable bonds is 5. The fourth-order valence-electron chi connectivity index (χ4n) is 4.06. The highest BCUT2D eigenvalue weighted by Gasteiger charge is 2.34. The van der Waals surface area contributed by atoms with E-state index in [-0.39, 0.29) is 23.5 Å². The number of hydrogen-bond donors (Lipinski definition) is 0. The van der Waals surface area contributed by atoms with Crippen LogP contribution in [0, 0.1) is 0 Å². The summed E-state index contributed by atoms with van der Waals surface area (Å²) in [7, 11) is -2.89. The molecule has 4 rings (SSSR count). The van der Waals surface area contributed by atoms with Crippen LogP contribution in [-0.2, 0) is 16.4 Å². The van der Waals surface area contributed by atoms with Gasteiger partial charge in [0.2, 0.25) is 0 Å². The van der Waals surface area contributed by atoms with Gasteiger partial charge in [-0.05, 0) is 24.6 Å². The largest absolute Gasteiger partial charge is 0.489 e. The average molecular weight is 415 g/mol. The predicted molar refractivity (Wildman–Crippen MR) is 112 cm³/mol. The molecular formula is C22H26N2O4S. The van der Waals surface area contributed by atoms with Crippen molar-refractivity contribution in [3.05, 3.63) is 65.7 Å². The van der Waals surface area contributed by atoms with Gasteiger partial charge in [-0.15, -0.1) is 0 Å². The normalized spacial score (nSPS) is 21.8. The first-order valence-electron chi connectivity index (χ1n) is 10.0. The number of nitrogens with zero attached hydrogens (tertiary/aromatic N) is 2. The highest BCUT2D eigenvalue weighted by atomic mass is 32.2. The smallest absolute Gasteiger partial charge is 0.254 e. The maximum atomic E-state index is 13.1. The van der Waals surface area contributed by atoms with E-state index in [1.54, 1.807) is 0 Å². The maximum Gasteiger partial charge on any atom is 0.254 e. The zero-order chi connectivity index (χ0) is 20.3. The molecule has 6 nitrogen and oxygen atoms in total. The van der Waals surface area contributed by atoms with E-state index in [1.807, 2.05) is 59.5 Å². The van der Waals surface area contributed by atoms with Gasteiger partial charge in [-0.25, -0.2) is 8.42 Å². The number of ether oxygens (including phenoxy) is 1. The van der Waals surface area contributed by atoms with Crippen LogP contribution in [0.15, 0.2) is 54.6 Å². The Morgan fingerprint density at radius 2 is 1.66 bits per heavy atom. The molecule has 2 heterocycles. The van der Waals surface area contributed by atoms with Crippen molar-refractivity contribution < 1.29 is 17.9 Å². The lowest BCUT2D eigenvalue weighted by Crippen LogP contribution is -2.52. The van der Waals surface area contributed by atoms with Gasteiger partial charge in [-0.2, -0.15) is 0 Å². The van der Waals surface area contributed by atoms with Crippen molar-refractivity contribution in [3.63, 3.8) is 0 Å². The molecule has 0 unspecified atom stereocenters. The Hall–Kier alpha value is -2.38. The number of sulfone groups is 1. The molecule has 0 aromatic heterocycles. The Kier molecular flexibility index (Phi) is 5.87. The van der Waals surface area contributed by atoms with E-state index >= 15 is 0 Å². The molecule has 2 aliphatic rings. The molecule has 0 saturated carbocycles. The fourth-order valence-corrected chi connectivity index (χ4v) is 5.82. The molecule has 2 saturated heterocycles. The van der Waals surface area contributed by atoms with Crippen LogP contribution < -0.4 is 4.74 Å². The molecule has 0 N–H and O–H groups in total. The van der Waals surface area contributed by atoms with Crippen molar-refractivity contribution in [2.24, 2.45) is 0 Å². The lowest BCUT2D eigenvalue weighted by atomic mass is 10.1. The van der Waals surface area contributed by atoms with Gasteiger partial charge in [0.15, 0.2) is 9.84 Å². The summed E-state index contributed by atoms with van der Waals surface area (Å²) in [6.45, 7) is 3.00. The minimum atomic E-state index is -2.89. The van der Waals surface area contributed by atoms with Gasteiger partial charge in [-0.3, -0.25) is 9.69 Å². The van der Waals surface area contributed by atoms with Crippen molar-refractivity contribution >= 4 is 15.7 Å². The van der Waals surface area contributed by atoms with Gasteiger partial charge in [0.25, 0.3) is 5.91 Å². The van der Waals surface area contributed by atoms with Crippen LogP contribution in [-0.4, -0.2) is 67.9 Å². The van der Waals surface area contributed by atoms with E-state index in [9.17, 15) is 13.2 Å². The molecule has 29 heavy (non-hydrogen) atoms. The van der Waals surface area contributed by atoms with Crippen molar-refractivity contribution in [2.45, 2.75) is 19.1 Å². The second kappa shape index (κ2) is 8.55. The Morgan fingerprint density at radius 1 is 0.966 bits per heavy atom. The highest BCUT2D eigenvalue weighted by Crippen LogP contribution is 2.21. The lowest BCUT2D eigenvalue weighted by Gasteiger charge is -2.37. The number of para-hydroxylation sites is 1. The zero-order valence-corrected chi connectivity index (χ0v) is 17.2. The molecule has 2 aromatic rings. The number of benzene rings is 2. The van der Waals surface area contributed by atoms with Crippen molar-refractivity contribution in [1.82, 2.24) is 9.80 Å². The number of piperazine rings is 1. The second-order valence-corrected chi connectivity index (χ2v) is 9.87. The lowest BCUT2D eigenvalue weighted by molar-refractivity contribution is 0.0585. The third kappa shape index (κ3) is 4.79. The van der Waals surface area contributed by atoms with Gasteiger partial charge < -0.3 is 9.64 Å². The third-order valence-corrected chi connectivity index (χ3v) is 7.46. The van der Waals surface area contributed by atoms with Crippen LogP contribution in [0.3, 0.4) is 0 Å². The number of carbonyl (C=O) groups excluding carboxylic acids is 1. The first-order valence-corrected chi connectivity index (χ1v) is 11.8.